The predicted molar refractivity (Wildman–Crippen MR) is 88.4 cm³/mol. The summed E-state index contributed by atoms with van der Waals surface area (Å²) in [4.78, 5) is 39.3. The van der Waals surface area contributed by atoms with Crippen molar-refractivity contribution in [1.82, 2.24) is 10.2 Å². The Labute approximate surface area is 146 Å². The van der Waals surface area contributed by atoms with E-state index in [1.165, 1.54) is 19.2 Å². The number of rotatable bonds is 4. The minimum absolute atomic E-state index is 0.108. The largest absolute Gasteiger partial charge is 0.508 e. The maximum Gasteiger partial charge on any atom is 0.327 e. The lowest BCUT2D eigenvalue weighted by atomic mass is 9.78. The summed E-state index contributed by atoms with van der Waals surface area (Å²) < 4.78 is 5.23. The summed E-state index contributed by atoms with van der Waals surface area (Å²) in [6.45, 7) is 3.71. The first-order chi connectivity index (χ1) is 11.9. The van der Waals surface area contributed by atoms with E-state index in [2.05, 4.69) is 5.32 Å². The van der Waals surface area contributed by atoms with Crippen LogP contribution in [0, 0.1) is 11.8 Å². The van der Waals surface area contributed by atoms with E-state index in [-0.39, 0.29) is 24.2 Å². The summed E-state index contributed by atoms with van der Waals surface area (Å²) >= 11 is 0. The molecule has 2 aliphatic rings. The highest BCUT2D eigenvalue weighted by molar-refractivity contribution is 6.09. The minimum Gasteiger partial charge on any atom is -0.508 e. The van der Waals surface area contributed by atoms with Crippen molar-refractivity contribution in [3.05, 3.63) is 29.8 Å². The van der Waals surface area contributed by atoms with Crippen molar-refractivity contribution < 1.29 is 24.2 Å². The summed E-state index contributed by atoms with van der Waals surface area (Å²) in [5.41, 5.74) is -0.496. The number of imide groups is 1. The van der Waals surface area contributed by atoms with Gasteiger partial charge in [-0.2, -0.15) is 0 Å². The monoisotopic (exact) mass is 346 g/mol. The zero-order valence-corrected chi connectivity index (χ0v) is 14.5. The van der Waals surface area contributed by atoms with Gasteiger partial charge in [0.15, 0.2) is 0 Å². The molecule has 25 heavy (non-hydrogen) atoms. The van der Waals surface area contributed by atoms with Crippen molar-refractivity contribution >= 4 is 17.8 Å². The number of likely N-dealkylation sites (tertiary alicyclic amines) is 1. The molecule has 4 unspecified atom stereocenters. The van der Waals surface area contributed by atoms with Crippen LogP contribution in [0.2, 0.25) is 0 Å². The molecule has 2 N–H and O–H groups in total. The van der Waals surface area contributed by atoms with Crippen LogP contribution >= 0.6 is 0 Å². The van der Waals surface area contributed by atoms with Crippen LogP contribution in [0.4, 0.5) is 0 Å². The van der Waals surface area contributed by atoms with Gasteiger partial charge in [-0.05, 0) is 31.0 Å². The summed E-state index contributed by atoms with van der Waals surface area (Å²) in [6.07, 6.45) is 0.328. The van der Waals surface area contributed by atoms with Gasteiger partial charge in [0.2, 0.25) is 11.8 Å². The molecule has 0 spiro atoms. The third-order valence-corrected chi connectivity index (χ3v) is 5.32. The third-order valence-electron chi connectivity index (χ3n) is 5.32. The lowest BCUT2D eigenvalue weighted by molar-refractivity contribution is -0.156. The van der Waals surface area contributed by atoms with Crippen molar-refractivity contribution in [3.8, 4) is 5.75 Å². The molecule has 1 aromatic rings. The summed E-state index contributed by atoms with van der Waals surface area (Å²) in [5.74, 6) is -2.54. The number of carbonyl (C=O) groups is 3. The molecule has 0 radical (unpaired) electrons. The number of nitrogens with zero attached hydrogens (tertiary/aromatic N) is 1. The molecular formula is C18H22N2O5. The smallest absolute Gasteiger partial charge is 0.327 e. The molecule has 2 aliphatic heterocycles. The number of hydrogen-bond acceptors (Lipinski definition) is 6. The van der Waals surface area contributed by atoms with E-state index in [0.29, 0.717) is 6.42 Å². The van der Waals surface area contributed by atoms with Gasteiger partial charge in [-0.25, -0.2) is 0 Å². The number of carbonyl (C=O) groups excluding carboxylic acids is 3. The molecule has 0 aliphatic carbocycles. The number of ether oxygens (including phenoxy) is 1. The van der Waals surface area contributed by atoms with Gasteiger partial charge in [0.1, 0.15) is 11.3 Å². The van der Waals surface area contributed by atoms with Crippen LogP contribution in [0.5, 0.6) is 5.75 Å². The first kappa shape index (κ1) is 17.4. The second-order valence-electron chi connectivity index (χ2n) is 6.50. The quantitative estimate of drug-likeness (QED) is 0.623. The fraction of sp³-hybridized carbons (Fsp3) is 0.500. The van der Waals surface area contributed by atoms with E-state index in [4.69, 9.17) is 4.74 Å². The average Bonchev–Trinajstić information content (AvgIpc) is 3.06. The molecule has 7 heteroatoms. The van der Waals surface area contributed by atoms with E-state index < -0.39 is 29.4 Å². The average molecular weight is 346 g/mol. The number of phenolic OH excluding ortho intramolecular Hbond substituents is 1. The van der Waals surface area contributed by atoms with Gasteiger partial charge in [0, 0.05) is 13.1 Å². The molecule has 7 nitrogen and oxygen atoms in total. The Morgan fingerprint density at radius 2 is 1.88 bits per heavy atom. The van der Waals surface area contributed by atoms with Gasteiger partial charge in [0.05, 0.1) is 18.4 Å². The summed E-state index contributed by atoms with van der Waals surface area (Å²) in [7, 11) is 1.45. The maximum absolute atomic E-state index is 12.7. The molecular weight excluding hydrogens is 324 g/mol. The normalized spacial score (nSPS) is 31.3. The number of fused-ring (bicyclic) bond motifs is 1. The number of nitrogens with one attached hydrogen (secondary N) is 1. The highest BCUT2D eigenvalue weighted by atomic mass is 16.5. The number of phenols is 1. The second-order valence-corrected chi connectivity index (χ2v) is 6.50. The molecule has 2 saturated heterocycles. The zero-order valence-electron chi connectivity index (χ0n) is 14.5. The van der Waals surface area contributed by atoms with Crippen LogP contribution in [-0.2, 0) is 19.1 Å². The van der Waals surface area contributed by atoms with Gasteiger partial charge in [-0.3, -0.25) is 24.6 Å². The van der Waals surface area contributed by atoms with E-state index >= 15 is 0 Å². The van der Waals surface area contributed by atoms with E-state index in [1.807, 2.05) is 0 Å². The Balaban J connectivity index is 2.10. The number of esters is 1. The molecule has 0 bridgehead atoms. The molecule has 2 heterocycles. The van der Waals surface area contributed by atoms with Crippen LogP contribution in [0.25, 0.3) is 0 Å². The van der Waals surface area contributed by atoms with Crippen molar-refractivity contribution in [2.45, 2.75) is 31.8 Å². The van der Waals surface area contributed by atoms with Crippen LogP contribution in [0.1, 0.15) is 31.9 Å². The van der Waals surface area contributed by atoms with Gasteiger partial charge < -0.3 is 9.84 Å². The fourth-order valence-corrected chi connectivity index (χ4v) is 4.03. The first-order valence-corrected chi connectivity index (χ1v) is 8.42. The van der Waals surface area contributed by atoms with Gasteiger partial charge in [-0.15, -0.1) is 0 Å². The molecule has 1 aromatic carbocycles. The molecule has 4 atom stereocenters. The molecule has 2 amide bonds. The zero-order chi connectivity index (χ0) is 18.4. The fourth-order valence-electron chi connectivity index (χ4n) is 4.03. The SMILES string of the molecule is CCOC(=O)C1(CC)NC(c2ccc(O)cc2)C2C(=O)N(C)C(=O)C21. The summed E-state index contributed by atoms with van der Waals surface area (Å²) in [6, 6.07) is 5.92. The van der Waals surface area contributed by atoms with Crippen LogP contribution in [-0.4, -0.2) is 47.0 Å². The van der Waals surface area contributed by atoms with Crippen LogP contribution in [0.15, 0.2) is 24.3 Å². The van der Waals surface area contributed by atoms with Gasteiger partial charge >= 0.3 is 5.97 Å². The Morgan fingerprint density at radius 3 is 2.44 bits per heavy atom. The van der Waals surface area contributed by atoms with E-state index in [1.54, 1.807) is 26.0 Å². The summed E-state index contributed by atoms with van der Waals surface area (Å²) in [5, 5.41) is 12.7. The van der Waals surface area contributed by atoms with Crippen molar-refractivity contribution in [2.75, 3.05) is 13.7 Å². The Morgan fingerprint density at radius 1 is 1.24 bits per heavy atom. The lowest BCUT2D eigenvalue weighted by Crippen LogP contribution is -2.55. The van der Waals surface area contributed by atoms with E-state index in [9.17, 15) is 19.5 Å². The van der Waals surface area contributed by atoms with Gasteiger partial charge in [0.25, 0.3) is 0 Å². The standard InChI is InChI=1S/C18H22N2O5/c1-4-18(17(24)25-5-2)13-12(15(22)20(3)16(13)23)14(19-18)10-6-8-11(21)9-7-10/h6-9,12-14,19,21H,4-5H2,1-3H3. The molecule has 2 fully saturated rings. The first-order valence-electron chi connectivity index (χ1n) is 8.42. The Bertz CT molecular complexity index is 717. The molecule has 0 saturated carbocycles. The molecule has 0 aromatic heterocycles. The molecule has 134 valence electrons. The minimum atomic E-state index is -1.24. The second kappa shape index (κ2) is 6.15. The van der Waals surface area contributed by atoms with Gasteiger partial charge in [-0.1, -0.05) is 19.1 Å². The van der Waals surface area contributed by atoms with Crippen LogP contribution in [0.3, 0.4) is 0 Å². The third kappa shape index (κ3) is 2.41. The number of amides is 2. The Hall–Kier alpha value is -2.41. The number of aromatic hydroxyl groups is 1. The van der Waals surface area contributed by atoms with E-state index in [0.717, 1.165) is 10.5 Å². The predicted octanol–water partition coefficient (Wildman–Crippen LogP) is 0.979. The maximum atomic E-state index is 12.7. The Kier molecular flexibility index (Phi) is 4.28. The molecule has 3 rings (SSSR count). The lowest BCUT2D eigenvalue weighted by Gasteiger charge is -2.31. The highest BCUT2D eigenvalue weighted by Crippen LogP contribution is 2.50. The van der Waals surface area contributed by atoms with Crippen molar-refractivity contribution in [2.24, 2.45) is 11.8 Å². The van der Waals surface area contributed by atoms with Crippen molar-refractivity contribution in [3.63, 3.8) is 0 Å². The number of hydrogen-bond donors (Lipinski definition) is 2. The topological polar surface area (TPSA) is 95.9 Å². The van der Waals surface area contributed by atoms with Crippen molar-refractivity contribution in [1.29, 1.82) is 0 Å². The highest BCUT2D eigenvalue weighted by Gasteiger charge is 2.67. The van der Waals surface area contributed by atoms with Crippen LogP contribution < -0.4 is 5.32 Å². The number of benzene rings is 1.